The highest BCUT2D eigenvalue weighted by molar-refractivity contribution is 5.01. The molecule has 1 saturated heterocycles. The average molecular weight is 166 g/mol. The minimum atomic E-state index is 0.709. The van der Waals surface area contributed by atoms with Crippen molar-refractivity contribution in [3.8, 4) is 0 Å². The molecule has 1 atom stereocenters. The Hall–Kier alpha value is -0.830. The lowest BCUT2D eigenvalue weighted by Gasteiger charge is -2.06. The Bertz CT molecular complexity index is 251. The van der Waals surface area contributed by atoms with Gasteiger partial charge in [-0.05, 0) is 24.8 Å². The molecule has 1 aromatic heterocycles. The second kappa shape index (κ2) is 3.27. The molecule has 3 nitrogen and oxygen atoms in total. The fraction of sp³-hybridized carbons (Fsp3) is 0.667. The molecule has 1 unspecified atom stereocenters. The van der Waals surface area contributed by atoms with Gasteiger partial charge in [0.2, 0.25) is 0 Å². The molecule has 0 amide bonds. The Labute approximate surface area is 72.3 Å². The van der Waals surface area contributed by atoms with Gasteiger partial charge in [0.15, 0.2) is 0 Å². The predicted molar refractivity (Wildman–Crippen MR) is 45.8 cm³/mol. The van der Waals surface area contributed by atoms with E-state index in [2.05, 4.69) is 11.2 Å². The van der Waals surface area contributed by atoms with Gasteiger partial charge in [0.25, 0.3) is 0 Å². The third kappa shape index (κ3) is 1.50. The first-order valence-corrected chi connectivity index (χ1v) is 4.41. The van der Waals surface area contributed by atoms with Crippen molar-refractivity contribution in [2.45, 2.75) is 12.8 Å². The van der Waals surface area contributed by atoms with Crippen LogP contribution in [0.1, 0.15) is 12.1 Å². The van der Waals surface area contributed by atoms with Crippen LogP contribution < -0.4 is 0 Å². The van der Waals surface area contributed by atoms with Crippen molar-refractivity contribution in [1.29, 1.82) is 0 Å². The van der Waals surface area contributed by atoms with E-state index < -0.39 is 0 Å². The summed E-state index contributed by atoms with van der Waals surface area (Å²) < 4.78 is 7.26. The first-order chi connectivity index (χ1) is 5.86. The number of ether oxygens (including phenoxy) is 1. The average Bonchev–Trinajstić information content (AvgIpc) is 2.65. The van der Waals surface area contributed by atoms with Crippen molar-refractivity contribution in [3.63, 3.8) is 0 Å². The van der Waals surface area contributed by atoms with Crippen molar-refractivity contribution in [2.24, 2.45) is 13.0 Å². The maximum atomic E-state index is 5.32. The number of aryl methyl sites for hydroxylation is 1. The van der Waals surface area contributed by atoms with Gasteiger partial charge in [-0.25, -0.2) is 0 Å². The molecule has 0 aliphatic carbocycles. The molecule has 0 bridgehead atoms. The van der Waals surface area contributed by atoms with Gasteiger partial charge in [-0.15, -0.1) is 0 Å². The quantitative estimate of drug-likeness (QED) is 0.655. The zero-order valence-corrected chi connectivity index (χ0v) is 7.36. The molecule has 0 radical (unpaired) electrons. The molecule has 2 rings (SSSR count). The fourth-order valence-electron chi connectivity index (χ4n) is 1.64. The largest absolute Gasteiger partial charge is 0.381 e. The van der Waals surface area contributed by atoms with Crippen LogP contribution in [0.5, 0.6) is 0 Å². The van der Waals surface area contributed by atoms with Gasteiger partial charge < -0.3 is 4.74 Å². The summed E-state index contributed by atoms with van der Waals surface area (Å²) in [6.45, 7) is 1.85. The smallest absolute Gasteiger partial charge is 0.0498 e. The van der Waals surface area contributed by atoms with E-state index >= 15 is 0 Å². The van der Waals surface area contributed by atoms with E-state index in [4.69, 9.17) is 4.74 Å². The van der Waals surface area contributed by atoms with Gasteiger partial charge in [-0.2, -0.15) is 5.10 Å². The van der Waals surface area contributed by atoms with E-state index in [9.17, 15) is 0 Å². The van der Waals surface area contributed by atoms with E-state index in [0.29, 0.717) is 5.92 Å². The summed E-state index contributed by atoms with van der Waals surface area (Å²) in [5.41, 5.74) is 1.31. The molecule has 2 heterocycles. The molecule has 0 aromatic carbocycles. The molecular weight excluding hydrogens is 152 g/mol. The fourth-order valence-corrected chi connectivity index (χ4v) is 1.64. The van der Waals surface area contributed by atoms with Crippen LogP contribution in [-0.4, -0.2) is 23.0 Å². The highest BCUT2D eigenvalue weighted by Crippen LogP contribution is 2.17. The lowest BCUT2D eigenvalue weighted by molar-refractivity contribution is 0.185. The topological polar surface area (TPSA) is 27.1 Å². The normalized spacial score (nSPS) is 23.2. The summed E-state index contributed by atoms with van der Waals surface area (Å²) in [7, 11) is 1.99. The summed E-state index contributed by atoms with van der Waals surface area (Å²) in [6.07, 6.45) is 4.16. The Balaban J connectivity index is 1.98. The second-order valence-corrected chi connectivity index (χ2v) is 3.38. The Morgan fingerprint density at radius 3 is 3.25 bits per heavy atom. The maximum Gasteiger partial charge on any atom is 0.0498 e. The summed E-state index contributed by atoms with van der Waals surface area (Å²) in [5.74, 6) is 0.709. The summed E-state index contributed by atoms with van der Waals surface area (Å²) in [6, 6.07) is 2.08. The predicted octanol–water partition coefficient (Wildman–Crippen LogP) is 0.999. The van der Waals surface area contributed by atoms with Crippen molar-refractivity contribution in [2.75, 3.05) is 13.2 Å². The molecule has 3 heteroatoms. The van der Waals surface area contributed by atoms with E-state index in [-0.39, 0.29) is 0 Å². The highest BCUT2D eigenvalue weighted by Gasteiger charge is 2.16. The van der Waals surface area contributed by atoms with Crippen LogP contribution in [0.4, 0.5) is 0 Å². The van der Waals surface area contributed by atoms with E-state index in [1.165, 1.54) is 12.1 Å². The Kier molecular flexibility index (Phi) is 2.13. The van der Waals surface area contributed by atoms with Crippen molar-refractivity contribution < 1.29 is 4.74 Å². The minimum absolute atomic E-state index is 0.709. The molecule has 1 fully saturated rings. The lowest BCUT2D eigenvalue weighted by Crippen LogP contribution is -2.07. The van der Waals surface area contributed by atoms with Gasteiger partial charge >= 0.3 is 0 Å². The van der Waals surface area contributed by atoms with Crippen molar-refractivity contribution >= 4 is 0 Å². The SMILES string of the molecule is Cn1nccc1CC1CCOC1. The van der Waals surface area contributed by atoms with Crippen LogP contribution in [-0.2, 0) is 18.2 Å². The van der Waals surface area contributed by atoms with Crippen LogP contribution in [0.2, 0.25) is 0 Å². The van der Waals surface area contributed by atoms with Crippen LogP contribution in [0, 0.1) is 5.92 Å². The zero-order valence-electron chi connectivity index (χ0n) is 7.36. The molecule has 1 aliphatic heterocycles. The van der Waals surface area contributed by atoms with Crippen LogP contribution in [0.15, 0.2) is 12.3 Å². The van der Waals surface area contributed by atoms with E-state index in [1.807, 2.05) is 17.9 Å². The summed E-state index contributed by atoms with van der Waals surface area (Å²) in [4.78, 5) is 0. The molecule has 0 spiro atoms. The maximum absolute atomic E-state index is 5.32. The highest BCUT2D eigenvalue weighted by atomic mass is 16.5. The van der Waals surface area contributed by atoms with Crippen molar-refractivity contribution in [1.82, 2.24) is 9.78 Å². The first-order valence-electron chi connectivity index (χ1n) is 4.41. The number of rotatable bonds is 2. The van der Waals surface area contributed by atoms with Crippen LogP contribution in [0.3, 0.4) is 0 Å². The van der Waals surface area contributed by atoms with Gasteiger partial charge in [-0.3, -0.25) is 4.68 Å². The van der Waals surface area contributed by atoms with E-state index in [1.54, 1.807) is 0 Å². The molecule has 1 aromatic rings. The number of hydrogen-bond donors (Lipinski definition) is 0. The Morgan fingerprint density at radius 1 is 1.75 bits per heavy atom. The molecule has 66 valence electrons. The summed E-state index contributed by atoms with van der Waals surface area (Å²) in [5, 5.41) is 4.13. The monoisotopic (exact) mass is 166 g/mol. The molecule has 0 N–H and O–H groups in total. The third-order valence-electron chi connectivity index (χ3n) is 2.44. The van der Waals surface area contributed by atoms with Crippen LogP contribution in [0.25, 0.3) is 0 Å². The van der Waals surface area contributed by atoms with Gasteiger partial charge in [0.1, 0.15) is 0 Å². The van der Waals surface area contributed by atoms with Gasteiger partial charge in [0, 0.05) is 32.2 Å². The van der Waals surface area contributed by atoms with Gasteiger partial charge in [-0.1, -0.05) is 0 Å². The molecule has 1 aliphatic rings. The number of aromatic nitrogens is 2. The molecular formula is C9H14N2O. The number of hydrogen-bond acceptors (Lipinski definition) is 2. The minimum Gasteiger partial charge on any atom is -0.381 e. The molecule has 0 saturated carbocycles. The number of nitrogens with zero attached hydrogens (tertiary/aromatic N) is 2. The van der Waals surface area contributed by atoms with Crippen molar-refractivity contribution in [3.05, 3.63) is 18.0 Å². The second-order valence-electron chi connectivity index (χ2n) is 3.38. The van der Waals surface area contributed by atoms with Crippen LogP contribution >= 0.6 is 0 Å². The zero-order chi connectivity index (χ0) is 8.39. The third-order valence-corrected chi connectivity index (χ3v) is 2.44. The molecule has 12 heavy (non-hydrogen) atoms. The first kappa shape index (κ1) is 7.80. The van der Waals surface area contributed by atoms with E-state index in [0.717, 1.165) is 19.6 Å². The lowest BCUT2D eigenvalue weighted by atomic mass is 10.0. The summed E-state index contributed by atoms with van der Waals surface area (Å²) >= 11 is 0. The van der Waals surface area contributed by atoms with Gasteiger partial charge in [0.05, 0.1) is 0 Å². The standard InChI is InChI=1S/C9H14N2O/c1-11-9(2-4-10-11)6-8-3-5-12-7-8/h2,4,8H,3,5-7H2,1H3. The Morgan fingerprint density at radius 2 is 2.67 bits per heavy atom.